The normalized spacial score (nSPS) is 11.1. The average molecular weight is 332 g/mol. The van der Waals surface area contributed by atoms with E-state index in [0.717, 1.165) is 21.7 Å². The Labute approximate surface area is 137 Å². The molecule has 1 amide bonds. The van der Waals surface area contributed by atoms with E-state index in [1.165, 1.54) is 0 Å². The lowest BCUT2D eigenvalue weighted by Gasteiger charge is -2.23. The quantitative estimate of drug-likeness (QED) is 0.915. The van der Waals surface area contributed by atoms with Crippen LogP contribution in [0.5, 0.6) is 0 Å². The molecular weight excluding hydrogens is 312 g/mol. The number of benzene rings is 2. The van der Waals surface area contributed by atoms with Crippen LogP contribution in [0, 0.1) is 13.8 Å². The van der Waals surface area contributed by atoms with Gasteiger partial charge in [0.2, 0.25) is 15.9 Å². The van der Waals surface area contributed by atoms with Crippen molar-refractivity contribution in [3.05, 3.63) is 59.7 Å². The van der Waals surface area contributed by atoms with Gasteiger partial charge >= 0.3 is 0 Å². The molecule has 0 radical (unpaired) electrons. The third-order valence-electron chi connectivity index (χ3n) is 3.41. The first-order valence-corrected chi connectivity index (χ1v) is 9.02. The van der Waals surface area contributed by atoms with Crippen molar-refractivity contribution in [3.8, 4) is 0 Å². The van der Waals surface area contributed by atoms with E-state index in [2.05, 4.69) is 5.32 Å². The highest BCUT2D eigenvalue weighted by Crippen LogP contribution is 2.22. The summed E-state index contributed by atoms with van der Waals surface area (Å²) in [6, 6.07) is 14.4. The van der Waals surface area contributed by atoms with Crippen molar-refractivity contribution in [2.24, 2.45) is 0 Å². The van der Waals surface area contributed by atoms with Crippen LogP contribution in [0.1, 0.15) is 11.1 Å². The number of para-hydroxylation sites is 1. The second-order valence-electron chi connectivity index (χ2n) is 5.47. The number of carbonyl (C=O) groups excluding carboxylic acids is 1. The van der Waals surface area contributed by atoms with Crippen LogP contribution in [-0.2, 0) is 14.8 Å². The fourth-order valence-corrected chi connectivity index (χ4v) is 3.11. The van der Waals surface area contributed by atoms with Gasteiger partial charge in [0.05, 0.1) is 11.9 Å². The van der Waals surface area contributed by atoms with Crippen LogP contribution in [0.2, 0.25) is 0 Å². The molecule has 0 unspecified atom stereocenters. The molecule has 0 aliphatic carbocycles. The summed E-state index contributed by atoms with van der Waals surface area (Å²) >= 11 is 0. The number of aryl methyl sites for hydroxylation is 2. The van der Waals surface area contributed by atoms with Gasteiger partial charge in [0, 0.05) is 5.69 Å². The van der Waals surface area contributed by atoms with E-state index >= 15 is 0 Å². The lowest BCUT2D eigenvalue weighted by molar-refractivity contribution is -0.114. The van der Waals surface area contributed by atoms with Crippen molar-refractivity contribution in [1.29, 1.82) is 0 Å². The standard InChI is InChI=1S/C17H20N2O3S/c1-13-8-10-15(11-9-13)18-17(20)12-19(23(3,21)22)16-7-5-4-6-14(16)2/h4-11H,12H2,1-3H3,(H,18,20). The van der Waals surface area contributed by atoms with Gasteiger partial charge < -0.3 is 5.32 Å². The number of hydrogen-bond donors (Lipinski definition) is 1. The van der Waals surface area contributed by atoms with Gasteiger partial charge in [0.25, 0.3) is 0 Å². The van der Waals surface area contributed by atoms with E-state index in [1.807, 2.05) is 38.1 Å². The van der Waals surface area contributed by atoms with Crippen LogP contribution >= 0.6 is 0 Å². The number of amides is 1. The number of carbonyl (C=O) groups is 1. The third kappa shape index (κ3) is 4.56. The highest BCUT2D eigenvalue weighted by atomic mass is 32.2. The maximum Gasteiger partial charge on any atom is 0.245 e. The molecule has 0 saturated carbocycles. The Morgan fingerprint density at radius 3 is 2.22 bits per heavy atom. The molecule has 122 valence electrons. The summed E-state index contributed by atoms with van der Waals surface area (Å²) < 4.78 is 25.2. The van der Waals surface area contributed by atoms with Gasteiger partial charge in [-0.1, -0.05) is 35.9 Å². The largest absolute Gasteiger partial charge is 0.325 e. The second kappa shape index (κ2) is 6.83. The fourth-order valence-electron chi connectivity index (χ4n) is 2.19. The van der Waals surface area contributed by atoms with Crippen LogP contribution in [-0.4, -0.2) is 27.1 Å². The number of sulfonamides is 1. The molecule has 23 heavy (non-hydrogen) atoms. The first kappa shape index (κ1) is 17.0. The smallest absolute Gasteiger partial charge is 0.245 e. The number of hydrogen-bond acceptors (Lipinski definition) is 3. The molecule has 2 aromatic carbocycles. The van der Waals surface area contributed by atoms with Gasteiger partial charge in [0.15, 0.2) is 0 Å². The SMILES string of the molecule is Cc1ccc(NC(=O)CN(c2ccccc2C)S(C)(=O)=O)cc1. The lowest BCUT2D eigenvalue weighted by atomic mass is 10.2. The van der Waals surface area contributed by atoms with E-state index in [0.29, 0.717) is 11.4 Å². The molecule has 2 aromatic rings. The zero-order chi connectivity index (χ0) is 17.0. The Bertz CT molecular complexity index is 799. The predicted octanol–water partition coefficient (Wildman–Crippen LogP) is 2.71. The monoisotopic (exact) mass is 332 g/mol. The molecule has 6 heteroatoms. The van der Waals surface area contributed by atoms with Crippen molar-refractivity contribution in [3.63, 3.8) is 0 Å². The molecule has 0 fully saturated rings. The van der Waals surface area contributed by atoms with E-state index < -0.39 is 10.0 Å². The zero-order valence-electron chi connectivity index (χ0n) is 13.4. The Morgan fingerprint density at radius 2 is 1.65 bits per heavy atom. The molecular formula is C17H20N2O3S. The lowest BCUT2D eigenvalue weighted by Crippen LogP contribution is -2.37. The summed E-state index contributed by atoms with van der Waals surface area (Å²) in [5, 5.41) is 2.72. The van der Waals surface area contributed by atoms with Gasteiger partial charge in [-0.05, 0) is 37.6 Å². The van der Waals surface area contributed by atoms with Crippen LogP contribution in [0.25, 0.3) is 0 Å². The van der Waals surface area contributed by atoms with E-state index in [4.69, 9.17) is 0 Å². The van der Waals surface area contributed by atoms with Crippen molar-refractivity contribution in [2.45, 2.75) is 13.8 Å². The van der Waals surface area contributed by atoms with Crippen molar-refractivity contribution < 1.29 is 13.2 Å². The Balaban J connectivity index is 2.20. The van der Waals surface area contributed by atoms with Gasteiger partial charge in [-0.15, -0.1) is 0 Å². The van der Waals surface area contributed by atoms with Crippen molar-refractivity contribution >= 4 is 27.3 Å². The molecule has 0 aliphatic heterocycles. The molecule has 5 nitrogen and oxygen atoms in total. The first-order valence-electron chi connectivity index (χ1n) is 7.17. The summed E-state index contributed by atoms with van der Waals surface area (Å²) in [5.74, 6) is -0.387. The molecule has 0 saturated heterocycles. The predicted molar refractivity (Wildman–Crippen MR) is 93.2 cm³/mol. The van der Waals surface area contributed by atoms with Crippen molar-refractivity contribution in [1.82, 2.24) is 0 Å². The van der Waals surface area contributed by atoms with Crippen LogP contribution in [0.4, 0.5) is 11.4 Å². The summed E-state index contributed by atoms with van der Waals surface area (Å²) in [4.78, 5) is 12.2. The molecule has 0 aliphatic rings. The third-order valence-corrected chi connectivity index (χ3v) is 4.53. The van der Waals surface area contributed by atoms with Gasteiger partial charge in [-0.2, -0.15) is 0 Å². The first-order chi connectivity index (χ1) is 10.8. The number of anilines is 2. The van der Waals surface area contributed by atoms with Crippen LogP contribution in [0.3, 0.4) is 0 Å². The highest BCUT2D eigenvalue weighted by Gasteiger charge is 2.22. The van der Waals surface area contributed by atoms with Gasteiger partial charge in [-0.3, -0.25) is 9.10 Å². The molecule has 1 N–H and O–H groups in total. The minimum atomic E-state index is -3.56. The molecule has 0 spiro atoms. The Kier molecular flexibility index (Phi) is 5.05. The number of rotatable bonds is 5. The summed E-state index contributed by atoms with van der Waals surface area (Å²) in [6.07, 6.45) is 1.10. The second-order valence-corrected chi connectivity index (χ2v) is 7.38. The summed E-state index contributed by atoms with van der Waals surface area (Å²) in [7, 11) is -3.56. The molecule has 0 heterocycles. The molecule has 2 rings (SSSR count). The summed E-state index contributed by atoms with van der Waals surface area (Å²) in [6.45, 7) is 3.50. The minimum absolute atomic E-state index is 0.266. The van der Waals surface area contributed by atoms with E-state index in [1.54, 1.807) is 24.3 Å². The number of nitrogens with one attached hydrogen (secondary N) is 1. The van der Waals surface area contributed by atoms with Gasteiger partial charge in [0.1, 0.15) is 6.54 Å². The fraction of sp³-hybridized carbons (Fsp3) is 0.235. The highest BCUT2D eigenvalue weighted by molar-refractivity contribution is 7.92. The molecule has 0 atom stereocenters. The van der Waals surface area contributed by atoms with Crippen molar-refractivity contribution in [2.75, 3.05) is 22.4 Å². The Morgan fingerprint density at radius 1 is 1.04 bits per heavy atom. The average Bonchev–Trinajstić information content (AvgIpc) is 2.47. The topological polar surface area (TPSA) is 66.5 Å². The summed E-state index contributed by atoms with van der Waals surface area (Å²) in [5.41, 5.74) is 3.02. The maximum absolute atomic E-state index is 12.2. The number of nitrogens with zero attached hydrogens (tertiary/aromatic N) is 1. The molecule has 0 bridgehead atoms. The van der Waals surface area contributed by atoms with Crippen LogP contribution < -0.4 is 9.62 Å². The van der Waals surface area contributed by atoms with Crippen LogP contribution in [0.15, 0.2) is 48.5 Å². The van der Waals surface area contributed by atoms with E-state index in [-0.39, 0.29) is 12.5 Å². The van der Waals surface area contributed by atoms with Gasteiger partial charge in [-0.25, -0.2) is 8.42 Å². The Hall–Kier alpha value is -2.34. The maximum atomic E-state index is 12.2. The van der Waals surface area contributed by atoms with E-state index in [9.17, 15) is 13.2 Å². The molecule has 0 aromatic heterocycles. The minimum Gasteiger partial charge on any atom is -0.325 e. The zero-order valence-corrected chi connectivity index (χ0v) is 14.2.